The van der Waals surface area contributed by atoms with E-state index in [-0.39, 0.29) is 11.7 Å². The summed E-state index contributed by atoms with van der Waals surface area (Å²) >= 11 is 0. The molecule has 5 rings (SSSR count). The van der Waals surface area contributed by atoms with Gasteiger partial charge in [0.05, 0.1) is 5.69 Å². The van der Waals surface area contributed by atoms with Gasteiger partial charge in [-0.2, -0.15) is 0 Å². The summed E-state index contributed by atoms with van der Waals surface area (Å²) < 4.78 is 14.8. The summed E-state index contributed by atoms with van der Waals surface area (Å²) in [4.78, 5) is 32.4. The summed E-state index contributed by atoms with van der Waals surface area (Å²) in [5.74, 6) is -1.21. The van der Waals surface area contributed by atoms with Gasteiger partial charge in [-0.3, -0.25) is 14.5 Å². The van der Waals surface area contributed by atoms with Crippen LogP contribution in [0.15, 0.2) is 85.2 Å². The maximum atomic E-state index is 13.6. The molecule has 1 atom stereocenters. The van der Waals surface area contributed by atoms with Crippen LogP contribution in [0, 0.1) is 5.82 Å². The minimum absolute atomic E-state index is 0.00450. The van der Waals surface area contributed by atoms with E-state index in [1.807, 2.05) is 54.6 Å². The Bertz CT molecular complexity index is 1300. The van der Waals surface area contributed by atoms with Crippen LogP contribution >= 0.6 is 0 Å². The summed E-state index contributed by atoms with van der Waals surface area (Å²) in [6.45, 7) is 0. The van der Waals surface area contributed by atoms with Crippen molar-refractivity contribution in [2.75, 3.05) is 10.2 Å². The number of aromatic nitrogens is 3. The van der Waals surface area contributed by atoms with E-state index in [4.69, 9.17) is 0 Å². The highest BCUT2D eigenvalue weighted by Crippen LogP contribution is 2.32. The highest BCUT2D eigenvalue weighted by atomic mass is 19.1. The van der Waals surface area contributed by atoms with Crippen molar-refractivity contribution in [3.8, 4) is 5.69 Å². The van der Waals surface area contributed by atoms with Crippen molar-refractivity contribution in [2.45, 2.75) is 18.9 Å². The zero-order chi connectivity index (χ0) is 22.8. The van der Waals surface area contributed by atoms with Crippen LogP contribution in [0.4, 0.5) is 15.8 Å². The van der Waals surface area contributed by atoms with Gasteiger partial charge in [0.15, 0.2) is 0 Å². The van der Waals surface area contributed by atoms with Crippen LogP contribution in [0.25, 0.3) is 5.69 Å². The number of halogens is 1. The Morgan fingerprint density at radius 3 is 2.45 bits per heavy atom. The predicted molar refractivity (Wildman–Crippen MR) is 122 cm³/mol. The van der Waals surface area contributed by atoms with Crippen molar-refractivity contribution >= 4 is 23.2 Å². The number of carbonyl (C=O) groups excluding carboxylic acids is 2. The Labute approximate surface area is 189 Å². The Hall–Kier alpha value is -4.33. The first-order valence-electron chi connectivity index (χ1n) is 10.5. The van der Waals surface area contributed by atoms with Gasteiger partial charge >= 0.3 is 0 Å². The first-order valence-corrected chi connectivity index (χ1v) is 10.5. The number of benzene rings is 3. The quantitative estimate of drug-likeness (QED) is 0.519. The number of carbonyl (C=O) groups is 2. The summed E-state index contributed by atoms with van der Waals surface area (Å²) in [6, 6.07) is 21.6. The number of nitrogens with zero attached hydrogens (tertiary/aromatic N) is 4. The molecular weight excluding hydrogens is 421 g/mol. The zero-order valence-electron chi connectivity index (χ0n) is 17.6. The average Bonchev–Trinajstić information content (AvgIpc) is 3.35. The van der Waals surface area contributed by atoms with E-state index < -0.39 is 17.8 Å². The minimum atomic E-state index is -0.763. The largest absolute Gasteiger partial charge is 0.324 e. The van der Waals surface area contributed by atoms with Crippen LogP contribution in [0.1, 0.15) is 22.6 Å². The molecule has 0 aliphatic carbocycles. The van der Waals surface area contributed by atoms with Crippen LogP contribution in [0.3, 0.4) is 0 Å². The molecule has 2 heterocycles. The maximum Gasteiger partial charge on any atom is 0.298 e. The number of hydrogen-bond acceptors (Lipinski definition) is 4. The van der Waals surface area contributed by atoms with Crippen molar-refractivity contribution in [1.82, 2.24) is 14.8 Å². The summed E-state index contributed by atoms with van der Waals surface area (Å²) in [5.41, 5.74) is 2.86. The van der Waals surface area contributed by atoms with Crippen molar-refractivity contribution < 1.29 is 14.0 Å². The van der Waals surface area contributed by atoms with Crippen molar-refractivity contribution in [2.24, 2.45) is 0 Å². The molecule has 164 valence electrons. The molecule has 2 amide bonds. The molecule has 8 heteroatoms. The molecule has 4 aromatic rings. The van der Waals surface area contributed by atoms with Crippen molar-refractivity contribution in [1.29, 1.82) is 0 Å². The molecule has 1 aliphatic rings. The Morgan fingerprint density at radius 1 is 0.939 bits per heavy atom. The Kier molecular flexibility index (Phi) is 5.40. The van der Waals surface area contributed by atoms with E-state index in [0.717, 1.165) is 11.3 Å². The molecule has 0 saturated heterocycles. The molecular formula is C25H20FN5O2. The van der Waals surface area contributed by atoms with Gasteiger partial charge in [-0.1, -0.05) is 36.4 Å². The fraction of sp³-hybridized carbons (Fsp3) is 0.120. The third-order valence-corrected chi connectivity index (χ3v) is 5.59. The highest BCUT2D eigenvalue weighted by Gasteiger charge is 2.37. The fourth-order valence-electron chi connectivity index (χ4n) is 3.98. The van der Waals surface area contributed by atoms with Crippen LogP contribution in [0.5, 0.6) is 0 Å². The van der Waals surface area contributed by atoms with Crippen molar-refractivity contribution in [3.05, 3.63) is 102 Å². The lowest BCUT2D eigenvalue weighted by Gasteiger charge is -2.35. The predicted octanol–water partition coefficient (Wildman–Crippen LogP) is 4.01. The molecule has 0 bridgehead atoms. The van der Waals surface area contributed by atoms with E-state index in [1.54, 1.807) is 0 Å². The molecule has 0 fully saturated rings. The number of fused-ring (bicyclic) bond motifs is 1. The van der Waals surface area contributed by atoms with Gasteiger partial charge in [-0.25, -0.2) is 14.1 Å². The standard InChI is InChI=1S/C25H20FN5O2/c26-18-11-13-19(14-12-18)28-24(32)22-15-10-17-6-4-5-9-21(17)31(22)25(33)23-27-16-30(29-23)20-7-2-1-3-8-20/h1-9,11-14,16,22H,10,15H2,(H,28,32). The molecule has 1 aromatic heterocycles. The monoisotopic (exact) mass is 441 g/mol. The Balaban J connectivity index is 1.47. The van der Waals surface area contributed by atoms with E-state index in [9.17, 15) is 14.0 Å². The van der Waals surface area contributed by atoms with Crippen LogP contribution in [0.2, 0.25) is 0 Å². The third kappa shape index (κ3) is 4.10. The normalized spacial score (nSPS) is 15.1. The maximum absolute atomic E-state index is 13.6. The zero-order valence-corrected chi connectivity index (χ0v) is 17.6. The molecule has 33 heavy (non-hydrogen) atoms. The Morgan fingerprint density at radius 2 is 1.67 bits per heavy atom. The van der Waals surface area contributed by atoms with Gasteiger partial charge in [0, 0.05) is 11.4 Å². The second-order valence-corrected chi connectivity index (χ2v) is 7.70. The van der Waals surface area contributed by atoms with E-state index in [1.165, 1.54) is 40.2 Å². The number of aryl methyl sites for hydroxylation is 1. The molecule has 0 radical (unpaired) electrons. The van der Waals surface area contributed by atoms with Gasteiger partial charge in [-0.05, 0) is 60.9 Å². The second-order valence-electron chi connectivity index (χ2n) is 7.70. The number of rotatable bonds is 4. The van der Waals surface area contributed by atoms with E-state index in [0.29, 0.717) is 24.2 Å². The molecule has 7 nitrogen and oxygen atoms in total. The lowest BCUT2D eigenvalue weighted by Crippen LogP contribution is -2.50. The first kappa shape index (κ1) is 20.6. The number of anilines is 2. The highest BCUT2D eigenvalue weighted by molar-refractivity contribution is 6.10. The summed E-state index contributed by atoms with van der Waals surface area (Å²) in [7, 11) is 0. The molecule has 0 saturated carbocycles. The average molecular weight is 441 g/mol. The van der Waals surface area contributed by atoms with E-state index in [2.05, 4.69) is 15.4 Å². The molecule has 0 spiro atoms. The van der Waals surface area contributed by atoms with Gasteiger partial charge in [0.1, 0.15) is 18.2 Å². The smallest absolute Gasteiger partial charge is 0.298 e. The molecule has 3 aromatic carbocycles. The van der Waals surface area contributed by atoms with Crippen LogP contribution in [-0.4, -0.2) is 32.6 Å². The lowest BCUT2D eigenvalue weighted by molar-refractivity contribution is -0.117. The molecule has 1 unspecified atom stereocenters. The number of hydrogen-bond donors (Lipinski definition) is 1. The van der Waals surface area contributed by atoms with Crippen molar-refractivity contribution in [3.63, 3.8) is 0 Å². The van der Waals surface area contributed by atoms with Gasteiger partial charge < -0.3 is 5.32 Å². The van der Waals surface area contributed by atoms with Crippen LogP contribution in [-0.2, 0) is 11.2 Å². The van der Waals surface area contributed by atoms with Gasteiger partial charge in [-0.15, -0.1) is 5.10 Å². The lowest BCUT2D eigenvalue weighted by atomic mass is 9.95. The van der Waals surface area contributed by atoms with E-state index >= 15 is 0 Å². The number of amides is 2. The van der Waals surface area contributed by atoms with Gasteiger partial charge in [0.2, 0.25) is 11.7 Å². The van der Waals surface area contributed by atoms with Crippen LogP contribution < -0.4 is 10.2 Å². The first-order chi connectivity index (χ1) is 16.1. The number of nitrogens with one attached hydrogen (secondary N) is 1. The van der Waals surface area contributed by atoms with Gasteiger partial charge in [0.25, 0.3) is 5.91 Å². The second kappa shape index (κ2) is 8.66. The SMILES string of the molecule is O=C(Nc1ccc(F)cc1)C1CCc2ccccc2N1C(=O)c1ncn(-c2ccccc2)n1. The number of para-hydroxylation sites is 2. The summed E-state index contributed by atoms with van der Waals surface area (Å²) in [6.07, 6.45) is 2.56. The summed E-state index contributed by atoms with van der Waals surface area (Å²) in [5, 5.41) is 7.15. The molecule has 1 aliphatic heterocycles. The fourth-order valence-corrected chi connectivity index (χ4v) is 3.98. The topological polar surface area (TPSA) is 80.1 Å². The third-order valence-electron chi connectivity index (χ3n) is 5.59. The minimum Gasteiger partial charge on any atom is -0.324 e. The molecule has 1 N–H and O–H groups in total.